The Morgan fingerprint density at radius 3 is 2.38 bits per heavy atom. The molecular weight excluding hydrogens is 304 g/mol. The topological polar surface area (TPSA) is 78.7 Å². The number of carbonyl (C=O) groups excluding carboxylic acids is 2. The second-order valence-corrected chi connectivity index (χ2v) is 6.19. The summed E-state index contributed by atoms with van der Waals surface area (Å²) in [5.41, 5.74) is 7.13. The van der Waals surface area contributed by atoms with Crippen molar-refractivity contribution in [1.82, 2.24) is 15.1 Å². The molecule has 2 rings (SSSR count). The number of nitrogens with two attached hydrogens (primary N) is 1. The van der Waals surface area contributed by atoms with Crippen molar-refractivity contribution in [3.8, 4) is 0 Å². The summed E-state index contributed by atoms with van der Waals surface area (Å²) in [6, 6.07) is 9.23. The van der Waals surface area contributed by atoms with E-state index in [1.54, 1.807) is 9.80 Å². The molecule has 0 aliphatic carbocycles. The number of benzene rings is 1. The van der Waals surface area contributed by atoms with Crippen LogP contribution in [0, 0.1) is 0 Å². The first-order chi connectivity index (χ1) is 11.6. The Bertz CT molecular complexity index is 527. The van der Waals surface area contributed by atoms with Crippen LogP contribution in [-0.2, 0) is 11.2 Å². The number of rotatable bonds is 6. The van der Waals surface area contributed by atoms with Crippen LogP contribution in [0.2, 0.25) is 0 Å². The second kappa shape index (κ2) is 9.27. The molecule has 0 bridgehead atoms. The minimum Gasteiger partial charge on any atom is -0.338 e. The van der Waals surface area contributed by atoms with E-state index in [9.17, 15) is 9.59 Å². The van der Waals surface area contributed by atoms with E-state index in [2.05, 4.69) is 12.2 Å². The fourth-order valence-corrected chi connectivity index (χ4v) is 2.80. The number of nitrogens with zero attached hydrogens (tertiary/aromatic N) is 2. The maximum Gasteiger partial charge on any atom is 0.317 e. The number of hydrogen-bond donors (Lipinski definition) is 2. The number of hydrogen-bond acceptors (Lipinski definition) is 3. The summed E-state index contributed by atoms with van der Waals surface area (Å²) in [5, 5.41) is 2.91. The molecule has 6 nitrogen and oxygen atoms in total. The summed E-state index contributed by atoms with van der Waals surface area (Å²) in [5.74, 6) is -0.0371. The summed E-state index contributed by atoms with van der Waals surface area (Å²) >= 11 is 0. The van der Waals surface area contributed by atoms with Crippen molar-refractivity contribution in [3.05, 3.63) is 35.9 Å². The minimum absolute atomic E-state index is 0.0371. The Hall–Kier alpha value is -2.08. The number of amides is 3. The zero-order chi connectivity index (χ0) is 17.4. The fourth-order valence-electron chi connectivity index (χ4n) is 2.80. The van der Waals surface area contributed by atoms with Gasteiger partial charge in [-0.3, -0.25) is 4.79 Å². The van der Waals surface area contributed by atoms with E-state index in [0.29, 0.717) is 39.1 Å². The molecule has 3 N–H and O–H groups in total. The standard InChI is InChI=1S/C18H28N4O2/c1-2-3-9-20-18(24)22-12-10-21(11-13-22)17(23)16(19)14-15-7-5-4-6-8-15/h4-8,16H,2-3,9-14,19H2,1H3,(H,20,24)/t16-/m1/s1. The number of nitrogens with one attached hydrogen (secondary N) is 1. The van der Waals surface area contributed by atoms with E-state index < -0.39 is 6.04 Å². The van der Waals surface area contributed by atoms with Gasteiger partial charge in [-0.2, -0.15) is 0 Å². The summed E-state index contributed by atoms with van der Waals surface area (Å²) in [6.07, 6.45) is 2.58. The molecule has 1 heterocycles. The predicted octanol–water partition coefficient (Wildman–Crippen LogP) is 1.21. The van der Waals surface area contributed by atoms with Gasteiger partial charge in [0, 0.05) is 32.7 Å². The molecule has 0 aromatic heterocycles. The van der Waals surface area contributed by atoms with Gasteiger partial charge in [-0.15, -0.1) is 0 Å². The smallest absolute Gasteiger partial charge is 0.317 e. The molecular formula is C18H28N4O2. The molecule has 1 aliphatic rings. The van der Waals surface area contributed by atoms with E-state index in [4.69, 9.17) is 5.73 Å². The first-order valence-corrected chi connectivity index (χ1v) is 8.73. The first kappa shape index (κ1) is 18.3. The van der Waals surface area contributed by atoms with Crippen molar-refractivity contribution < 1.29 is 9.59 Å². The highest BCUT2D eigenvalue weighted by atomic mass is 16.2. The van der Waals surface area contributed by atoms with Crippen molar-refractivity contribution >= 4 is 11.9 Å². The van der Waals surface area contributed by atoms with Crippen LogP contribution >= 0.6 is 0 Å². The number of urea groups is 1. The van der Waals surface area contributed by atoms with E-state index in [1.807, 2.05) is 30.3 Å². The number of unbranched alkanes of at least 4 members (excludes halogenated alkanes) is 1. The third-order valence-electron chi connectivity index (χ3n) is 4.30. The second-order valence-electron chi connectivity index (χ2n) is 6.19. The highest BCUT2D eigenvalue weighted by molar-refractivity contribution is 5.82. The maximum absolute atomic E-state index is 12.5. The summed E-state index contributed by atoms with van der Waals surface area (Å²) in [7, 11) is 0. The first-order valence-electron chi connectivity index (χ1n) is 8.73. The van der Waals surface area contributed by atoms with Crippen molar-refractivity contribution in [3.63, 3.8) is 0 Å². The molecule has 1 saturated heterocycles. The normalized spacial score (nSPS) is 15.9. The number of piperazine rings is 1. The highest BCUT2D eigenvalue weighted by Crippen LogP contribution is 2.08. The monoisotopic (exact) mass is 332 g/mol. The molecule has 1 fully saturated rings. The quantitative estimate of drug-likeness (QED) is 0.769. The van der Waals surface area contributed by atoms with E-state index in [0.717, 1.165) is 18.4 Å². The zero-order valence-electron chi connectivity index (χ0n) is 14.4. The van der Waals surface area contributed by atoms with Crippen molar-refractivity contribution in [1.29, 1.82) is 0 Å². The molecule has 24 heavy (non-hydrogen) atoms. The van der Waals surface area contributed by atoms with Crippen LogP contribution in [0.25, 0.3) is 0 Å². The molecule has 0 radical (unpaired) electrons. The fraction of sp³-hybridized carbons (Fsp3) is 0.556. The molecule has 0 spiro atoms. The Morgan fingerprint density at radius 2 is 1.75 bits per heavy atom. The molecule has 1 aliphatic heterocycles. The lowest BCUT2D eigenvalue weighted by atomic mass is 10.1. The lowest BCUT2D eigenvalue weighted by Crippen LogP contribution is -2.56. The van der Waals surface area contributed by atoms with Crippen LogP contribution in [0.3, 0.4) is 0 Å². The maximum atomic E-state index is 12.5. The van der Waals surface area contributed by atoms with Gasteiger partial charge in [0.25, 0.3) is 0 Å². The summed E-state index contributed by atoms with van der Waals surface area (Å²) in [4.78, 5) is 28.0. The average molecular weight is 332 g/mol. The van der Waals surface area contributed by atoms with Gasteiger partial charge in [0.15, 0.2) is 0 Å². The zero-order valence-corrected chi connectivity index (χ0v) is 14.4. The molecule has 1 aromatic rings. The minimum atomic E-state index is -0.530. The molecule has 6 heteroatoms. The van der Waals surface area contributed by atoms with E-state index in [1.165, 1.54) is 0 Å². The summed E-state index contributed by atoms with van der Waals surface area (Å²) in [6.45, 7) is 5.00. The van der Waals surface area contributed by atoms with Gasteiger partial charge in [-0.25, -0.2) is 4.79 Å². The van der Waals surface area contributed by atoms with Gasteiger partial charge < -0.3 is 20.9 Å². The van der Waals surface area contributed by atoms with Crippen molar-refractivity contribution in [2.75, 3.05) is 32.7 Å². The van der Waals surface area contributed by atoms with Crippen LogP contribution in [0.1, 0.15) is 25.3 Å². The predicted molar refractivity (Wildman–Crippen MR) is 94.6 cm³/mol. The molecule has 1 atom stereocenters. The SMILES string of the molecule is CCCCNC(=O)N1CCN(C(=O)[C@H](N)Cc2ccccc2)CC1. The van der Waals surface area contributed by atoms with Gasteiger partial charge in [-0.05, 0) is 18.4 Å². The van der Waals surface area contributed by atoms with Gasteiger partial charge in [0.2, 0.25) is 5.91 Å². The van der Waals surface area contributed by atoms with Crippen LogP contribution in [-0.4, -0.2) is 60.5 Å². The lowest BCUT2D eigenvalue weighted by molar-refractivity contribution is -0.134. The lowest BCUT2D eigenvalue weighted by Gasteiger charge is -2.35. The molecule has 0 saturated carbocycles. The molecule has 3 amide bonds. The average Bonchev–Trinajstić information content (AvgIpc) is 2.62. The third-order valence-corrected chi connectivity index (χ3v) is 4.30. The number of carbonyl (C=O) groups is 2. The Labute approximate surface area is 144 Å². The van der Waals surface area contributed by atoms with Crippen molar-refractivity contribution in [2.24, 2.45) is 5.73 Å². The third kappa shape index (κ3) is 5.23. The van der Waals surface area contributed by atoms with Crippen LogP contribution in [0.5, 0.6) is 0 Å². The van der Waals surface area contributed by atoms with Gasteiger partial charge >= 0.3 is 6.03 Å². The summed E-state index contributed by atoms with van der Waals surface area (Å²) < 4.78 is 0. The van der Waals surface area contributed by atoms with Crippen molar-refractivity contribution in [2.45, 2.75) is 32.2 Å². The molecule has 0 unspecified atom stereocenters. The van der Waals surface area contributed by atoms with Gasteiger partial charge in [-0.1, -0.05) is 43.7 Å². The van der Waals surface area contributed by atoms with Gasteiger partial charge in [0.1, 0.15) is 0 Å². The molecule has 132 valence electrons. The highest BCUT2D eigenvalue weighted by Gasteiger charge is 2.27. The van der Waals surface area contributed by atoms with Crippen LogP contribution in [0.15, 0.2) is 30.3 Å². The largest absolute Gasteiger partial charge is 0.338 e. The molecule has 1 aromatic carbocycles. The van der Waals surface area contributed by atoms with Crippen LogP contribution < -0.4 is 11.1 Å². The Balaban J connectivity index is 1.76. The van der Waals surface area contributed by atoms with Crippen LogP contribution in [0.4, 0.5) is 4.79 Å². The van der Waals surface area contributed by atoms with E-state index in [-0.39, 0.29) is 11.9 Å². The van der Waals surface area contributed by atoms with Gasteiger partial charge in [0.05, 0.1) is 6.04 Å². The van der Waals surface area contributed by atoms with E-state index >= 15 is 0 Å². The Kier molecular flexibility index (Phi) is 7.06. The Morgan fingerprint density at radius 1 is 1.12 bits per heavy atom.